The summed E-state index contributed by atoms with van der Waals surface area (Å²) < 4.78 is 10.2. The van der Waals surface area contributed by atoms with Crippen LogP contribution in [0.4, 0.5) is 10.6 Å². The summed E-state index contributed by atoms with van der Waals surface area (Å²) in [6, 6.07) is 2.92. The zero-order valence-corrected chi connectivity index (χ0v) is 18.4. The van der Waals surface area contributed by atoms with Crippen molar-refractivity contribution in [1.29, 1.82) is 0 Å². The van der Waals surface area contributed by atoms with Crippen molar-refractivity contribution in [2.45, 2.75) is 66.0 Å². The number of carbonyl (C=O) groups is 3. The van der Waals surface area contributed by atoms with E-state index in [1.54, 1.807) is 33.0 Å². The van der Waals surface area contributed by atoms with Gasteiger partial charge in [-0.05, 0) is 57.7 Å². The second-order valence-electron chi connectivity index (χ2n) is 8.24. The van der Waals surface area contributed by atoms with Crippen LogP contribution in [-0.2, 0) is 19.1 Å². The lowest BCUT2D eigenvalue weighted by Gasteiger charge is -2.27. The first-order valence-corrected chi connectivity index (χ1v) is 9.75. The van der Waals surface area contributed by atoms with E-state index in [0.717, 1.165) is 5.56 Å². The van der Waals surface area contributed by atoms with E-state index in [1.165, 1.54) is 12.0 Å². The van der Waals surface area contributed by atoms with Crippen molar-refractivity contribution in [2.75, 3.05) is 18.6 Å². The SMILES string of the molecule is COC(=O)[C@H](NC(=O)CCCN(C(=O)OC(C)(C)C)c1cc(C)ccn1)C(C)C. The normalized spacial score (nSPS) is 12.3. The molecule has 1 rings (SSSR count). The van der Waals surface area contributed by atoms with E-state index in [4.69, 9.17) is 9.47 Å². The minimum atomic E-state index is -0.701. The highest BCUT2D eigenvalue weighted by Gasteiger charge is 2.26. The zero-order chi connectivity index (χ0) is 22.2. The second kappa shape index (κ2) is 10.8. The van der Waals surface area contributed by atoms with Crippen LogP contribution in [0.2, 0.25) is 0 Å². The Labute approximate surface area is 173 Å². The van der Waals surface area contributed by atoms with Gasteiger partial charge in [-0.3, -0.25) is 9.69 Å². The molecule has 0 radical (unpaired) electrons. The molecule has 1 heterocycles. The number of nitrogens with one attached hydrogen (secondary N) is 1. The monoisotopic (exact) mass is 407 g/mol. The van der Waals surface area contributed by atoms with Crippen LogP contribution in [0, 0.1) is 12.8 Å². The van der Waals surface area contributed by atoms with Crippen molar-refractivity contribution in [2.24, 2.45) is 5.92 Å². The minimum Gasteiger partial charge on any atom is -0.467 e. The Hall–Kier alpha value is -2.64. The molecule has 0 spiro atoms. The molecule has 2 amide bonds. The number of methoxy groups -OCH3 is 1. The number of aromatic nitrogens is 1. The first-order valence-electron chi connectivity index (χ1n) is 9.75. The molecular formula is C21H33N3O5. The lowest BCUT2D eigenvalue weighted by molar-refractivity contribution is -0.146. The maximum absolute atomic E-state index is 12.6. The predicted molar refractivity (Wildman–Crippen MR) is 111 cm³/mol. The number of ether oxygens (including phenoxy) is 2. The van der Waals surface area contributed by atoms with Crippen LogP contribution < -0.4 is 10.2 Å². The summed E-state index contributed by atoms with van der Waals surface area (Å²) in [5.74, 6) is -0.390. The van der Waals surface area contributed by atoms with Crippen LogP contribution >= 0.6 is 0 Å². The Morgan fingerprint density at radius 1 is 1.24 bits per heavy atom. The van der Waals surface area contributed by atoms with Gasteiger partial charge in [0.2, 0.25) is 5.91 Å². The van der Waals surface area contributed by atoms with Crippen molar-refractivity contribution in [3.05, 3.63) is 23.9 Å². The van der Waals surface area contributed by atoms with Crippen LogP contribution in [0.15, 0.2) is 18.3 Å². The van der Waals surface area contributed by atoms with E-state index < -0.39 is 23.7 Å². The van der Waals surface area contributed by atoms with Gasteiger partial charge in [-0.25, -0.2) is 14.6 Å². The fourth-order valence-electron chi connectivity index (χ4n) is 2.55. The van der Waals surface area contributed by atoms with Crippen LogP contribution in [0.1, 0.15) is 53.0 Å². The summed E-state index contributed by atoms with van der Waals surface area (Å²) in [4.78, 5) is 42.4. The standard InChI is InChI=1S/C21H33N3O5/c1-14(2)18(19(26)28-7)23-17(25)9-8-12-24(20(27)29-21(4,5)6)16-13-15(3)10-11-22-16/h10-11,13-14,18H,8-9,12H2,1-7H3,(H,23,25)/t18-/m1/s1. The maximum atomic E-state index is 12.6. The highest BCUT2D eigenvalue weighted by atomic mass is 16.6. The highest BCUT2D eigenvalue weighted by molar-refractivity contribution is 5.87. The van der Waals surface area contributed by atoms with Gasteiger partial charge in [0.15, 0.2) is 0 Å². The largest absolute Gasteiger partial charge is 0.467 e. The average molecular weight is 408 g/mol. The molecule has 0 saturated heterocycles. The van der Waals surface area contributed by atoms with Crippen molar-refractivity contribution < 1.29 is 23.9 Å². The Kier molecular flexibility index (Phi) is 9.07. The Bertz CT molecular complexity index is 713. The molecule has 1 N–H and O–H groups in total. The molecule has 0 saturated carbocycles. The van der Waals surface area contributed by atoms with E-state index in [0.29, 0.717) is 12.2 Å². The van der Waals surface area contributed by atoms with Crippen molar-refractivity contribution in [3.63, 3.8) is 0 Å². The average Bonchev–Trinajstić information content (AvgIpc) is 2.60. The molecule has 0 unspecified atom stereocenters. The Morgan fingerprint density at radius 3 is 2.41 bits per heavy atom. The molecule has 0 aliphatic carbocycles. The molecule has 1 aromatic heterocycles. The van der Waals surface area contributed by atoms with E-state index in [1.807, 2.05) is 26.8 Å². The van der Waals surface area contributed by atoms with Gasteiger partial charge in [0.1, 0.15) is 17.5 Å². The zero-order valence-electron chi connectivity index (χ0n) is 18.4. The lowest BCUT2D eigenvalue weighted by atomic mass is 10.0. The van der Waals surface area contributed by atoms with Gasteiger partial charge in [0.05, 0.1) is 7.11 Å². The van der Waals surface area contributed by atoms with Crippen LogP contribution in [0.25, 0.3) is 0 Å². The molecule has 0 fully saturated rings. The fraction of sp³-hybridized carbons (Fsp3) is 0.619. The molecule has 1 atom stereocenters. The molecular weight excluding hydrogens is 374 g/mol. The minimum absolute atomic E-state index is 0.0962. The van der Waals surface area contributed by atoms with Gasteiger partial charge >= 0.3 is 12.1 Å². The summed E-state index contributed by atoms with van der Waals surface area (Å²) in [7, 11) is 1.29. The van der Waals surface area contributed by atoms with Gasteiger partial charge in [-0.1, -0.05) is 13.8 Å². The number of amides is 2. The molecule has 162 valence electrons. The first kappa shape index (κ1) is 24.4. The predicted octanol–water partition coefficient (Wildman–Crippen LogP) is 3.23. The van der Waals surface area contributed by atoms with E-state index >= 15 is 0 Å². The smallest absolute Gasteiger partial charge is 0.416 e. The third kappa shape index (κ3) is 8.50. The van der Waals surface area contributed by atoms with Gasteiger partial charge in [0, 0.05) is 19.2 Å². The number of pyridine rings is 1. The second-order valence-corrected chi connectivity index (χ2v) is 8.24. The number of rotatable bonds is 8. The van der Waals surface area contributed by atoms with Crippen LogP contribution in [0.3, 0.4) is 0 Å². The van der Waals surface area contributed by atoms with Crippen LogP contribution in [-0.4, -0.2) is 48.3 Å². The first-order chi connectivity index (χ1) is 13.4. The van der Waals surface area contributed by atoms with Crippen molar-refractivity contribution in [1.82, 2.24) is 10.3 Å². The highest BCUT2D eigenvalue weighted by Crippen LogP contribution is 2.18. The fourth-order valence-corrected chi connectivity index (χ4v) is 2.55. The molecule has 29 heavy (non-hydrogen) atoms. The topological polar surface area (TPSA) is 97.8 Å². The van der Waals surface area contributed by atoms with E-state index in [9.17, 15) is 14.4 Å². The van der Waals surface area contributed by atoms with Gasteiger partial charge in [-0.15, -0.1) is 0 Å². The number of aryl methyl sites for hydroxylation is 1. The van der Waals surface area contributed by atoms with Gasteiger partial charge in [0.25, 0.3) is 0 Å². The number of anilines is 1. The summed E-state index contributed by atoms with van der Waals surface area (Å²) in [5, 5.41) is 2.69. The molecule has 8 heteroatoms. The lowest BCUT2D eigenvalue weighted by Crippen LogP contribution is -2.45. The molecule has 0 aromatic carbocycles. The summed E-state index contributed by atoms with van der Waals surface area (Å²) >= 11 is 0. The third-order valence-electron chi connectivity index (χ3n) is 4.02. The summed E-state index contributed by atoms with van der Waals surface area (Å²) in [6.45, 7) is 11.2. The van der Waals surface area contributed by atoms with E-state index in [-0.39, 0.29) is 24.8 Å². The number of hydrogen-bond acceptors (Lipinski definition) is 6. The molecule has 1 aromatic rings. The van der Waals surface area contributed by atoms with Crippen molar-refractivity contribution >= 4 is 23.8 Å². The molecule has 0 aliphatic heterocycles. The number of carbonyl (C=O) groups excluding carboxylic acids is 3. The van der Waals surface area contributed by atoms with E-state index in [2.05, 4.69) is 10.3 Å². The summed E-state index contributed by atoms with van der Waals surface area (Å²) in [5.41, 5.74) is 0.306. The summed E-state index contributed by atoms with van der Waals surface area (Å²) in [6.07, 6.45) is 1.63. The molecule has 8 nitrogen and oxygen atoms in total. The number of esters is 1. The molecule has 0 bridgehead atoms. The third-order valence-corrected chi connectivity index (χ3v) is 4.02. The number of nitrogens with zero attached hydrogens (tertiary/aromatic N) is 2. The van der Waals surface area contributed by atoms with Crippen molar-refractivity contribution in [3.8, 4) is 0 Å². The molecule has 0 aliphatic rings. The maximum Gasteiger partial charge on any atom is 0.416 e. The quantitative estimate of drug-likeness (QED) is 0.665. The van der Waals surface area contributed by atoms with Crippen LogP contribution in [0.5, 0.6) is 0 Å². The van der Waals surface area contributed by atoms with Gasteiger partial charge in [-0.2, -0.15) is 0 Å². The Morgan fingerprint density at radius 2 is 1.90 bits per heavy atom. The number of hydrogen-bond donors (Lipinski definition) is 1. The Balaban J connectivity index is 2.78. The van der Waals surface area contributed by atoms with Gasteiger partial charge < -0.3 is 14.8 Å².